The molecule has 0 saturated carbocycles. The fourth-order valence-corrected chi connectivity index (χ4v) is 4.02. The standard InChI is InChI=1S/C20H21NO3/c1-12-4-2-5-15-17(12)21-18(16-6-3-11-24-19(15)16)13-7-9-14(10-8-13)20(22)23/h2,4-5,7-10,16,18-19,21H,3,6,11H2,1H3,(H,22,23). The van der Waals surface area contributed by atoms with Crippen molar-refractivity contribution in [1.82, 2.24) is 0 Å². The van der Waals surface area contributed by atoms with Crippen LogP contribution in [0.15, 0.2) is 42.5 Å². The lowest BCUT2D eigenvalue weighted by Crippen LogP contribution is -2.36. The van der Waals surface area contributed by atoms with Gasteiger partial charge in [-0.15, -0.1) is 0 Å². The first-order chi connectivity index (χ1) is 11.6. The number of benzene rings is 2. The zero-order valence-electron chi connectivity index (χ0n) is 13.7. The van der Waals surface area contributed by atoms with Crippen molar-refractivity contribution in [1.29, 1.82) is 0 Å². The van der Waals surface area contributed by atoms with Crippen LogP contribution in [-0.2, 0) is 4.74 Å². The lowest BCUT2D eigenvalue weighted by atomic mass is 9.77. The SMILES string of the molecule is Cc1cccc2c1NC(c1ccc(C(=O)O)cc1)C1CCCOC21. The van der Waals surface area contributed by atoms with Crippen LogP contribution in [-0.4, -0.2) is 17.7 Å². The van der Waals surface area contributed by atoms with E-state index in [1.807, 2.05) is 12.1 Å². The summed E-state index contributed by atoms with van der Waals surface area (Å²) in [5.74, 6) is -0.526. The smallest absolute Gasteiger partial charge is 0.335 e. The van der Waals surface area contributed by atoms with Gasteiger partial charge < -0.3 is 15.2 Å². The van der Waals surface area contributed by atoms with Gasteiger partial charge >= 0.3 is 5.97 Å². The van der Waals surface area contributed by atoms with Gasteiger partial charge in [0.1, 0.15) is 0 Å². The van der Waals surface area contributed by atoms with Crippen LogP contribution in [0.3, 0.4) is 0 Å². The molecule has 0 radical (unpaired) electrons. The zero-order valence-corrected chi connectivity index (χ0v) is 13.7. The molecule has 1 saturated heterocycles. The van der Waals surface area contributed by atoms with Crippen LogP contribution in [0, 0.1) is 12.8 Å². The van der Waals surface area contributed by atoms with Crippen LogP contribution in [0.5, 0.6) is 0 Å². The summed E-state index contributed by atoms with van der Waals surface area (Å²) in [4.78, 5) is 11.1. The Morgan fingerprint density at radius 2 is 2.00 bits per heavy atom. The van der Waals surface area contributed by atoms with Crippen LogP contribution in [0.1, 0.15) is 52.0 Å². The molecule has 4 heteroatoms. The van der Waals surface area contributed by atoms with Crippen LogP contribution in [0.4, 0.5) is 5.69 Å². The third-order valence-corrected chi connectivity index (χ3v) is 5.22. The summed E-state index contributed by atoms with van der Waals surface area (Å²) < 4.78 is 6.14. The highest BCUT2D eigenvalue weighted by Gasteiger charge is 2.40. The molecule has 3 atom stereocenters. The van der Waals surface area contributed by atoms with Gasteiger partial charge in [0.05, 0.1) is 17.7 Å². The molecule has 1 fully saturated rings. The monoisotopic (exact) mass is 323 g/mol. The highest BCUT2D eigenvalue weighted by atomic mass is 16.5. The van der Waals surface area contributed by atoms with Crippen LogP contribution in [0.2, 0.25) is 0 Å². The highest BCUT2D eigenvalue weighted by molar-refractivity contribution is 5.87. The summed E-state index contributed by atoms with van der Waals surface area (Å²) in [5, 5.41) is 12.8. The second-order valence-corrected chi connectivity index (χ2v) is 6.69. The Balaban J connectivity index is 1.75. The van der Waals surface area contributed by atoms with Crippen molar-refractivity contribution in [2.75, 3.05) is 11.9 Å². The molecule has 3 unspecified atom stereocenters. The number of fused-ring (bicyclic) bond motifs is 3. The molecule has 0 amide bonds. The number of carboxylic acid groups (broad SMARTS) is 1. The molecule has 2 aromatic carbocycles. The summed E-state index contributed by atoms with van der Waals surface area (Å²) in [6.45, 7) is 2.92. The molecule has 4 nitrogen and oxygen atoms in total. The topological polar surface area (TPSA) is 58.6 Å². The maximum atomic E-state index is 11.1. The molecule has 2 aliphatic heterocycles. The summed E-state index contributed by atoms with van der Waals surface area (Å²) >= 11 is 0. The van der Waals surface area contributed by atoms with E-state index in [1.54, 1.807) is 12.1 Å². The fraction of sp³-hybridized carbons (Fsp3) is 0.350. The molecule has 0 spiro atoms. The first-order valence-corrected chi connectivity index (χ1v) is 8.46. The number of carboxylic acids is 1. The zero-order chi connectivity index (χ0) is 16.7. The van der Waals surface area contributed by atoms with E-state index in [2.05, 4.69) is 30.4 Å². The average Bonchev–Trinajstić information content (AvgIpc) is 2.61. The molecule has 0 bridgehead atoms. The Kier molecular flexibility index (Phi) is 3.77. The van der Waals surface area contributed by atoms with Crippen molar-refractivity contribution < 1.29 is 14.6 Å². The number of carbonyl (C=O) groups is 1. The molecule has 2 aromatic rings. The van der Waals surface area contributed by atoms with Crippen molar-refractivity contribution in [3.63, 3.8) is 0 Å². The quantitative estimate of drug-likeness (QED) is 0.864. The van der Waals surface area contributed by atoms with Gasteiger partial charge in [0.15, 0.2) is 0 Å². The largest absolute Gasteiger partial charge is 0.478 e. The van der Waals surface area contributed by atoms with Gasteiger partial charge in [-0.3, -0.25) is 0 Å². The van der Waals surface area contributed by atoms with Crippen LogP contribution < -0.4 is 5.32 Å². The Hall–Kier alpha value is -2.33. The predicted octanol–water partition coefficient (Wildman–Crippen LogP) is 4.33. The normalized spacial score (nSPS) is 25.3. The molecule has 124 valence electrons. The minimum atomic E-state index is -0.891. The Labute approximate surface area is 141 Å². The minimum absolute atomic E-state index is 0.110. The van der Waals surface area contributed by atoms with Gasteiger partial charge in [-0.05, 0) is 43.0 Å². The van der Waals surface area contributed by atoms with Crippen molar-refractivity contribution >= 4 is 11.7 Å². The van der Waals surface area contributed by atoms with E-state index in [1.165, 1.54) is 11.1 Å². The number of hydrogen-bond donors (Lipinski definition) is 2. The number of ether oxygens (including phenoxy) is 1. The maximum Gasteiger partial charge on any atom is 0.335 e. The first kappa shape index (κ1) is 15.2. The average molecular weight is 323 g/mol. The van der Waals surface area contributed by atoms with E-state index in [0.29, 0.717) is 11.5 Å². The van der Waals surface area contributed by atoms with E-state index in [-0.39, 0.29) is 12.1 Å². The van der Waals surface area contributed by atoms with E-state index >= 15 is 0 Å². The Morgan fingerprint density at radius 3 is 2.75 bits per heavy atom. The first-order valence-electron chi connectivity index (χ1n) is 8.46. The summed E-state index contributed by atoms with van der Waals surface area (Å²) in [5.41, 5.74) is 5.07. The van der Waals surface area contributed by atoms with Gasteiger partial charge in [-0.1, -0.05) is 30.3 Å². The second kappa shape index (κ2) is 5.95. The third kappa shape index (κ3) is 2.47. The van der Waals surface area contributed by atoms with E-state index < -0.39 is 5.97 Å². The molecule has 2 N–H and O–H groups in total. The number of hydrogen-bond acceptors (Lipinski definition) is 3. The molecule has 0 aromatic heterocycles. The summed E-state index contributed by atoms with van der Waals surface area (Å²) in [6.07, 6.45) is 2.28. The molecule has 4 rings (SSSR count). The Morgan fingerprint density at radius 1 is 1.21 bits per heavy atom. The number of rotatable bonds is 2. The van der Waals surface area contributed by atoms with Gasteiger partial charge in [0.25, 0.3) is 0 Å². The van der Waals surface area contributed by atoms with E-state index in [0.717, 1.165) is 30.7 Å². The lowest BCUT2D eigenvalue weighted by Gasteiger charge is -2.44. The summed E-state index contributed by atoms with van der Waals surface area (Å²) in [6, 6.07) is 13.7. The number of nitrogens with one attached hydrogen (secondary N) is 1. The molecule has 0 aliphatic carbocycles. The maximum absolute atomic E-state index is 11.1. The lowest BCUT2D eigenvalue weighted by molar-refractivity contribution is -0.0381. The molecular weight excluding hydrogens is 302 g/mol. The number of aromatic carboxylic acids is 1. The van der Waals surface area contributed by atoms with Crippen molar-refractivity contribution in [3.8, 4) is 0 Å². The minimum Gasteiger partial charge on any atom is -0.478 e. The molecule has 24 heavy (non-hydrogen) atoms. The fourth-order valence-electron chi connectivity index (χ4n) is 4.02. The van der Waals surface area contributed by atoms with Gasteiger partial charge in [0, 0.05) is 23.8 Å². The van der Waals surface area contributed by atoms with Crippen LogP contribution >= 0.6 is 0 Å². The predicted molar refractivity (Wildman–Crippen MR) is 92.4 cm³/mol. The van der Waals surface area contributed by atoms with Gasteiger partial charge in [-0.25, -0.2) is 4.79 Å². The summed E-state index contributed by atoms with van der Waals surface area (Å²) in [7, 11) is 0. The molecule has 2 heterocycles. The van der Waals surface area contributed by atoms with Gasteiger partial charge in [-0.2, -0.15) is 0 Å². The number of para-hydroxylation sites is 1. The van der Waals surface area contributed by atoms with Crippen molar-refractivity contribution in [2.45, 2.75) is 31.9 Å². The van der Waals surface area contributed by atoms with Crippen LogP contribution in [0.25, 0.3) is 0 Å². The van der Waals surface area contributed by atoms with Crippen molar-refractivity contribution in [2.24, 2.45) is 5.92 Å². The third-order valence-electron chi connectivity index (χ3n) is 5.22. The molecular formula is C20H21NO3. The highest BCUT2D eigenvalue weighted by Crippen LogP contribution is 2.49. The van der Waals surface area contributed by atoms with Gasteiger partial charge in [0.2, 0.25) is 0 Å². The number of anilines is 1. The van der Waals surface area contributed by atoms with Crippen molar-refractivity contribution in [3.05, 3.63) is 64.7 Å². The second-order valence-electron chi connectivity index (χ2n) is 6.69. The van der Waals surface area contributed by atoms with E-state index in [9.17, 15) is 4.79 Å². The number of aryl methyl sites for hydroxylation is 1. The Bertz CT molecular complexity index is 769. The van der Waals surface area contributed by atoms with E-state index in [4.69, 9.17) is 9.84 Å². The molecule has 2 aliphatic rings.